The van der Waals surface area contributed by atoms with Crippen LogP contribution in [0.2, 0.25) is 0 Å². The van der Waals surface area contributed by atoms with Gasteiger partial charge in [-0.3, -0.25) is 0 Å². The van der Waals surface area contributed by atoms with Gasteiger partial charge in [0.2, 0.25) is 0 Å². The third-order valence-electron chi connectivity index (χ3n) is 7.08. The first-order valence-corrected chi connectivity index (χ1v) is 12.0. The van der Waals surface area contributed by atoms with Crippen LogP contribution in [-0.4, -0.2) is 11.0 Å². The van der Waals surface area contributed by atoms with Gasteiger partial charge in [-0.05, 0) is 61.8 Å². The van der Waals surface area contributed by atoms with Crippen LogP contribution in [0.1, 0.15) is 42.1 Å². The Morgan fingerprint density at radius 3 is 2.49 bits per heavy atom. The number of aryl methyl sites for hydroxylation is 1. The van der Waals surface area contributed by atoms with Crippen molar-refractivity contribution in [3.05, 3.63) is 119 Å². The zero-order valence-corrected chi connectivity index (χ0v) is 19.9. The van der Waals surface area contributed by atoms with E-state index in [-0.39, 0.29) is 12.1 Å². The highest BCUT2D eigenvalue weighted by Crippen LogP contribution is 2.51. The molecule has 0 aliphatic carbocycles. The number of ether oxygens (including phenoxy) is 2. The molecule has 4 heterocycles. The van der Waals surface area contributed by atoms with Crippen molar-refractivity contribution in [1.29, 1.82) is 0 Å². The van der Waals surface area contributed by atoms with E-state index in [0.29, 0.717) is 5.95 Å². The van der Waals surface area contributed by atoms with Gasteiger partial charge in [-0.2, -0.15) is 0 Å². The molecule has 0 fully saturated rings. The van der Waals surface area contributed by atoms with Crippen LogP contribution >= 0.6 is 0 Å². The largest absolute Gasteiger partial charge is 0.456 e. The highest BCUT2D eigenvalue weighted by atomic mass is 16.7. The molecule has 0 N–H and O–H groups in total. The second-order valence-electron chi connectivity index (χ2n) is 9.45. The lowest BCUT2D eigenvalue weighted by atomic mass is 9.95. The number of hydrogen-bond acceptors (Lipinski definition) is 4. The van der Waals surface area contributed by atoms with Gasteiger partial charge in [-0.15, -0.1) is 0 Å². The molecule has 172 valence electrons. The third-order valence-corrected chi connectivity index (χ3v) is 7.08. The Morgan fingerprint density at radius 2 is 1.66 bits per heavy atom. The first kappa shape index (κ1) is 20.2. The molecule has 0 amide bonds. The van der Waals surface area contributed by atoms with E-state index in [1.54, 1.807) is 0 Å². The van der Waals surface area contributed by atoms with Gasteiger partial charge >= 0.3 is 5.95 Å². The van der Waals surface area contributed by atoms with Crippen LogP contribution in [0.25, 0.3) is 33.2 Å². The van der Waals surface area contributed by atoms with Crippen molar-refractivity contribution in [3.63, 3.8) is 0 Å². The fourth-order valence-corrected chi connectivity index (χ4v) is 5.54. The van der Waals surface area contributed by atoms with Gasteiger partial charge in [0.25, 0.3) is 0 Å². The molecule has 4 aromatic rings. The van der Waals surface area contributed by atoms with Crippen LogP contribution in [0.4, 0.5) is 0 Å². The molecule has 4 heteroatoms. The zero-order chi connectivity index (χ0) is 23.7. The molecule has 2 atom stereocenters. The number of para-hydroxylation sites is 1. The summed E-state index contributed by atoms with van der Waals surface area (Å²) in [5.74, 6) is 1.38. The predicted molar refractivity (Wildman–Crippen MR) is 139 cm³/mol. The summed E-state index contributed by atoms with van der Waals surface area (Å²) in [5.41, 5.74) is 8.53. The molecular weight excluding hydrogens is 434 g/mol. The Kier molecular flexibility index (Phi) is 4.28. The topological polar surface area (TPSA) is 34.8 Å². The van der Waals surface area contributed by atoms with Crippen molar-refractivity contribution in [2.75, 3.05) is 0 Å². The number of hydrogen-bond donors (Lipinski definition) is 0. The lowest BCUT2D eigenvalue weighted by Crippen LogP contribution is -2.21. The van der Waals surface area contributed by atoms with Gasteiger partial charge in [0, 0.05) is 28.1 Å². The summed E-state index contributed by atoms with van der Waals surface area (Å²) >= 11 is 0. The van der Waals surface area contributed by atoms with Crippen LogP contribution in [0.5, 0.6) is 0 Å². The van der Waals surface area contributed by atoms with E-state index in [0.717, 1.165) is 50.1 Å². The van der Waals surface area contributed by atoms with Gasteiger partial charge in [0.1, 0.15) is 28.7 Å². The molecule has 7 rings (SSSR count). The summed E-state index contributed by atoms with van der Waals surface area (Å²) in [6.07, 6.45) is 8.54. The minimum Gasteiger partial charge on any atom is -0.456 e. The normalized spacial score (nSPS) is 23.0. The van der Waals surface area contributed by atoms with Crippen molar-refractivity contribution < 1.29 is 13.9 Å². The van der Waals surface area contributed by atoms with Crippen molar-refractivity contribution in [2.24, 2.45) is 0 Å². The average molecular weight is 460 g/mol. The molecule has 1 aromatic heterocycles. The van der Waals surface area contributed by atoms with E-state index in [1.807, 2.05) is 26.0 Å². The van der Waals surface area contributed by atoms with Crippen LogP contribution < -0.4 is 0 Å². The maximum atomic E-state index is 6.60. The van der Waals surface area contributed by atoms with E-state index >= 15 is 0 Å². The van der Waals surface area contributed by atoms with Gasteiger partial charge in [0.05, 0.1) is 6.04 Å². The molecule has 3 aliphatic rings. The van der Waals surface area contributed by atoms with E-state index < -0.39 is 0 Å². The van der Waals surface area contributed by atoms with E-state index in [4.69, 9.17) is 13.9 Å². The first-order valence-electron chi connectivity index (χ1n) is 12.0. The summed E-state index contributed by atoms with van der Waals surface area (Å²) in [6.45, 7) is 6.10. The minimum atomic E-state index is -0.0597. The quantitative estimate of drug-likeness (QED) is 0.291. The molecule has 3 aromatic carbocycles. The second kappa shape index (κ2) is 7.41. The fourth-order valence-electron chi connectivity index (χ4n) is 5.54. The Labute approximate surface area is 204 Å². The van der Waals surface area contributed by atoms with Gasteiger partial charge < -0.3 is 18.8 Å². The highest BCUT2D eigenvalue weighted by molar-refractivity contribution is 6.08. The van der Waals surface area contributed by atoms with Crippen molar-refractivity contribution >= 4 is 33.2 Å². The first-order chi connectivity index (χ1) is 17.1. The maximum Gasteiger partial charge on any atom is 0.310 e. The van der Waals surface area contributed by atoms with Gasteiger partial charge in [-0.1, -0.05) is 54.6 Å². The Hall–Kier alpha value is -4.18. The smallest absolute Gasteiger partial charge is 0.310 e. The van der Waals surface area contributed by atoms with Crippen LogP contribution in [0, 0.1) is 6.92 Å². The second-order valence-corrected chi connectivity index (χ2v) is 9.45. The molecule has 35 heavy (non-hydrogen) atoms. The maximum absolute atomic E-state index is 6.60. The summed E-state index contributed by atoms with van der Waals surface area (Å²) in [7, 11) is 0. The van der Waals surface area contributed by atoms with Gasteiger partial charge in [-0.25, -0.2) is 0 Å². The lowest BCUT2D eigenvalue weighted by Gasteiger charge is -2.29. The standard InChI is InChI=1S/C31H25NO3/c1-18-8-7-11-23-24-12-13-25-27(30(24)35-29(18)23)26-17-22(21-9-5-4-6-10-21)14-15-32(26)28(25)31-33-19(2)16-20(3)34-31/h4-17,19,26H,1-3H3/b31-28+. The monoisotopic (exact) mass is 459 g/mol. The number of furan rings is 1. The lowest BCUT2D eigenvalue weighted by molar-refractivity contribution is 0.0219. The van der Waals surface area contributed by atoms with Crippen molar-refractivity contribution in [2.45, 2.75) is 32.9 Å². The molecule has 0 saturated heterocycles. The fraction of sp³-hybridized carbons (Fsp3) is 0.161. The molecule has 4 nitrogen and oxygen atoms in total. The third kappa shape index (κ3) is 2.99. The SMILES string of the molecule is CC1=CC(C)O/C(=C2/c3ccc4c(oc5c(C)cccc54)c3C3C=C(c4ccccc4)C=CN23)O1. The number of rotatable bonds is 1. The number of fused-ring (bicyclic) bond motifs is 7. The Morgan fingerprint density at radius 1 is 0.829 bits per heavy atom. The van der Waals surface area contributed by atoms with E-state index in [1.165, 1.54) is 11.1 Å². The van der Waals surface area contributed by atoms with Gasteiger partial charge in [0.15, 0.2) is 0 Å². The van der Waals surface area contributed by atoms with E-state index in [2.05, 4.69) is 84.8 Å². The Balaban J connectivity index is 1.51. The predicted octanol–water partition coefficient (Wildman–Crippen LogP) is 7.83. The molecule has 0 saturated carbocycles. The zero-order valence-electron chi connectivity index (χ0n) is 19.9. The summed E-state index contributed by atoms with van der Waals surface area (Å²) in [4.78, 5) is 2.25. The van der Waals surface area contributed by atoms with E-state index in [9.17, 15) is 0 Å². The Bertz CT molecular complexity index is 1630. The van der Waals surface area contributed by atoms with Crippen molar-refractivity contribution in [3.8, 4) is 0 Å². The average Bonchev–Trinajstić information content (AvgIpc) is 3.40. The van der Waals surface area contributed by atoms with Crippen molar-refractivity contribution in [1.82, 2.24) is 4.90 Å². The summed E-state index contributed by atoms with van der Waals surface area (Å²) in [6, 6.07) is 21.1. The molecular formula is C31H25NO3. The highest BCUT2D eigenvalue weighted by Gasteiger charge is 2.40. The number of nitrogens with zero attached hydrogens (tertiary/aromatic N) is 1. The molecule has 2 unspecified atom stereocenters. The summed E-state index contributed by atoms with van der Waals surface area (Å²) in [5, 5.41) is 2.28. The minimum absolute atomic E-state index is 0.0361. The van der Waals surface area contributed by atoms with Crippen LogP contribution in [0.3, 0.4) is 0 Å². The molecule has 0 radical (unpaired) electrons. The molecule has 0 bridgehead atoms. The summed E-state index contributed by atoms with van der Waals surface area (Å²) < 4.78 is 18.9. The van der Waals surface area contributed by atoms with Crippen LogP contribution in [0.15, 0.2) is 101 Å². The molecule has 3 aliphatic heterocycles. The number of allylic oxidation sites excluding steroid dienone is 3. The number of benzene rings is 3. The molecule has 0 spiro atoms. The van der Waals surface area contributed by atoms with Crippen LogP contribution in [-0.2, 0) is 9.47 Å².